The van der Waals surface area contributed by atoms with Gasteiger partial charge in [-0.05, 0) is 49.7 Å². The Labute approximate surface area is 139 Å². The number of thioether (sulfide) groups is 1. The number of amides is 1. The van der Waals surface area contributed by atoms with Gasteiger partial charge in [0.2, 0.25) is 5.16 Å². The van der Waals surface area contributed by atoms with Crippen LogP contribution in [-0.2, 0) is 0 Å². The van der Waals surface area contributed by atoms with E-state index in [9.17, 15) is 4.79 Å². The maximum atomic E-state index is 12.0. The Morgan fingerprint density at radius 2 is 2.00 bits per heavy atom. The lowest BCUT2D eigenvalue weighted by atomic mass is 10.2. The molecule has 0 bridgehead atoms. The molecule has 2 rings (SSSR count). The van der Waals surface area contributed by atoms with Crippen LogP contribution < -0.4 is 10.7 Å². The molecule has 6 nitrogen and oxygen atoms in total. The van der Waals surface area contributed by atoms with Crippen LogP contribution in [0.2, 0.25) is 0 Å². The number of nitrogens with one attached hydrogen (secondary N) is 2. The fraction of sp³-hybridized carbons (Fsp3) is 0.167. The standard InChI is InChI=1S/C12H12BrN5OS2/c1-7-15-16-12(21-2)18(7)17-11(20)14-10(19)8-3-5-9(13)6-4-8/h3-6H,1-2H3,(H2,14,17,19,20). The Morgan fingerprint density at radius 3 is 2.62 bits per heavy atom. The zero-order chi connectivity index (χ0) is 15.4. The summed E-state index contributed by atoms with van der Waals surface area (Å²) in [7, 11) is 0. The van der Waals surface area contributed by atoms with Crippen molar-refractivity contribution in [1.29, 1.82) is 0 Å². The molecule has 0 saturated heterocycles. The molecule has 1 aromatic carbocycles. The fourth-order valence-corrected chi connectivity index (χ4v) is 2.44. The summed E-state index contributed by atoms with van der Waals surface area (Å²) in [5.41, 5.74) is 3.40. The molecule has 2 aromatic rings. The number of carbonyl (C=O) groups excluding carboxylic acids is 1. The summed E-state index contributed by atoms with van der Waals surface area (Å²) in [6.45, 7) is 1.79. The van der Waals surface area contributed by atoms with E-state index in [0.29, 0.717) is 16.5 Å². The second-order valence-electron chi connectivity index (χ2n) is 3.97. The maximum absolute atomic E-state index is 12.0. The number of aryl methyl sites for hydroxylation is 1. The molecular formula is C12H12BrN5OS2. The van der Waals surface area contributed by atoms with Crippen molar-refractivity contribution < 1.29 is 4.79 Å². The van der Waals surface area contributed by atoms with Gasteiger partial charge in [0.05, 0.1) is 0 Å². The second kappa shape index (κ2) is 7.01. The van der Waals surface area contributed by atoms with Crippen molar-refractivity contribution in [3.8, 4) is 0 Å². The SMILES string of the molecule is CSc1nnc(C)n1NC(=S)NC(=O)c1ccc(Br)cc1. The average molecular weight is 386 g/mol. The minimum atomic E-state index is -0.281. The van der Waals surface area contributed by atoms with E-state index in [1.165, 1.54) is 11.8 Å². The minimum Gasteiger partial charge on any atom is -0.298 e. The van der Waals surface area contributed by atoms with Crippen LogP contribution >= 0.6 is 39.9 Å². The minimum absolute atomic E-state index is 0.182. The van der Waals surface area contributed by atoms with E-state index in [1.54, 1.807) is 35.9 Å². The summed E-state index contributed by atoms with van der Waals surface area (Å²) in [5, 5.41) is 11.4. The second-order valence-corrected chi connectivity index (χ2v) is 6.07. The zero-order valence-electron chi connectivity index (χ0n) is 11.3. The van der Waals surface area contributed by atoms with Gasteiger partial charge in [-0.15, -0.1) is 10.2 Å². The van der Waals surface area contributed by atoms with E-state index in [-0.39, 0.29) is 11.0 Å². The van der Waals surface area contributed by atoms with Crippen LogP contribution in [0.15, 0.2) is 33.9 Å². The number of rotatable bonds is 3. The molecule has 0 aliphatic heterocycles. The van der Waals surface area contributed by atoms with E-state index in [4.69, 9.17) is 12.2 Å². The highest BCUT2D eigenvalue weighted by atomic mass is 79.9. The number of hydrogen-bond acceptors (Lipinski definition) is 5. The van der Waals surface area contributed by atoms with E-state index >= 15 is 0 Å². The summed E-state index contributed by atoms with van der Waals surface area (Å²) in [6, 6.07) is 7.00. The Bertz CT molecular complexity index is 671. The van der Waals surface area contributed by atoms with Crippen molar-refractivity contribution >= 4 is 50.9 Å². The molecule has 0 unspecified atom stereocenters. The summed E-state index contributed by atoms with van der Waals surface area (Å²) >= 11 is 9.88. The fourth-order valence-electron chi connectivity index (χ4n) is 1.51. The monoisotopic (exact) mass is 385 g/mol. The summed E-state index contributed by atoms with van der Waals surface area (Å²) in [4.78, 5) is 12.0. The van der Waals surface area contributed by atoms with Gasteiger partial charge in [-0.2, -0.15) is 0 Å². The third kappa shape index (κ3) is 4.02. The summed E-state index contributed by atoms with van der Waals surface area (Å²) < 4.78 is 2.53. The molecular weight excluding hydrogens is 374 g/mol. The first-order valence-corrected chi connectivity index (χ1v) is 8.27. The maximum Gasteiger partial charge on any atom is 0.257 e. The highest BCUT2D eigenvalue weighted by Crippen LogP contribution is 2.11. The largest absolute Gasteiger partial charge is 0.298 e. The molecule has 1 aromatic heterocycles. The van der Waals surface area contributed by atoms with Gasteiger partial charge in [0.25, 0.3) is 5.91 Å². The smallest absolute Gasteiger partial charge is 0.257 e. The first-order chi connectivity index (χ1) is 10.0. The molecule has 21 heavy (non-hydrogen) atoms. The molecule has 9 heteroatoms. The lowest BCUT2D eigenvalue weighted by Crippen LogP contribution is -2.38. The number of thiocarbonyl (C=S) groups is 1. The Kier molecular flexibility index (Phi) is 5.32. The average Bonchev–Trinajstić information content (AvgIpc) is 2.80. The zero-order valence-corrected chi connectivity index (χ0v) is 14.5. The van der Waals surface area contributed by atoms with Crippen molar-refractivity contribution in [3.05, 3.63) is 40.1 Å². The van der Waals surface area contributed by atoms with E-state index < -0.39 is 0 Å². The molecule has 1 heterocycles. The molecule has 0 atom stereocenters. The van der Waals surface area contributed by atoms with E-state index in [2.05, 4.69) is 36.9 Å². The van der Waals surface area contributed by atoms with Crippen LogP contribution in [0.1, 0.15) is 16.2 Å². The number of aromatic nitrogens is 3. The van der Waals surface area contributed by atoms with Gasteiger partial charge in [0.15, 0.2) is 5.11 Å². The van der Waals surface area contributed by atoms with Crippen molar-refractivity contribution in [1.82, 2.24) is 20.2 Å². The van der Waals surface area contributed by atoms with Gasteiger partial charge in [-0.3, -0.25) is 15.5 Å². The first kappa shape index (κ1) is 15.9. The van der Waals surface area contributed by atoms with Gasteiger partial charge in [0.1, 0.15) is 5.82 Å². The van der Waals surface area contributed by atoms with Crippen LogP contribution in [0.25, 0.3) is 0 Å². The predicted octanol–water partition coefficient (Wildman–Crippen LogP) is 2.33. The van der Waals surface area contributed by atoms with Crippen molar-refractivity contribution in [2.75, 3.05) is 11.7 Å². The Hall–Kier alpha value is -1.45. The van der Waals surface area contributed by atoms with Crippen LogP contribution in [0.3, 0.4) is 0 Å². The van der Waals surface area contributed by atoms with Crippen LogP contribution in [0, 0.1) is 6.92 Å². The Morgan fingerprint density at radius 1 is 1.33 bits per heavy atom. The molecule has 2 N–H and O–H groups in total. The highest BCUT2D eigenvalue weighted by Gasteiger charge is 2.11. The molecule has 0 aliphatic carbocycles. The van der Waals surface area contributed by atoms with Crippen molar-refractivity contribution in [3.63, 3.8) is 0 Å². The van der Waals surface area contributed by atoms with Gasteiger partial charge in [-0.25, -0.2) is 4.68 Å². The summed E-state index contributed by atoms with van der Waals surface area (Å²) in [5.74, 6) is 0.371. The molecule has 0 saturated carbocycles. The number of halogens is 1. The Balaban J connectivity index is 2.03. The number of nitrogens with zero attached hydrogens (tertiary/aromatic N) is 3. The van der Waals surface area contributed by atoms with Gasteiger partial charge in [0, 0.05) is 10.0 Å². The predicted molar refractivity (Wildman–Crippen MR) is 90.1 cm³/mol. The number of hydrogen-bond donors (Lipinski definition) is 2. The van der Waals surface area contributed by atoms with Crippen LogP contribution in [0.5, 0.6) is 0 Å². The topological polar surface area (TPSA) is 71.8 Å². The normalized spacial score (nSPS) is 10.2. The van der Waals surface area contributed by atoms with E-state index in [0.717, 1.165) is 4.47 Å². The summed E-state index contributed by atoms with van der Waals surface area (Å²) in [6.07, 6.45) is 1.88. The van der Waals surface area contributed by atoms with Gasteiger partial charge < -0.3 is 0 Å². The van der Waals surface area contributed by atoms with Crippen molar-refractivity contribution in [2.24, 2.45) is 0 Å². The van der Waals surface area contributed by atoms with Crippen molar-refractivity contribution in [2.45, 2.75) is 12.1 Å². The number of carbonyl (C=O) groups is 1. The molecule has 0 spiro atoms. The lowest BCUT2D eigenvalue weighted by Gasteiger charge is -2.12. The van der Waals surface area contributed by atoms with E-state index in [1.807, 2.05) is 6.26 Å². The lowest BCUT2D eigenvalue weighted by molar-refractivity contribution is 0.0977. The third-order valence-corrected chi connectivity index (χ3v) is 3.88. The highest BCUT2D eigenvalue weighted by molar-refractivity contribution is 9.10. The van der Waals surface area contributed by atoms with Gasteiger partial charge >= 0.3 is 0 Å². The van der Waals surface area contributed by atoms with Crippen LogP contribution in [0.4, 0.5) is 0 Å². The quantitative estimate of drug-likeness (QED) is 0.623. The van der Waals surface area contributed by atoms with Crippen LogP contribution in [-0.4, -0.2) is 32.1 Å². The molecule has 110 valence electrons. The molecule has 0 aliphatic rings. The molecule has 0 radical (unpaired) electrons. The first-order valence-electron chi connectivity index (χ1n) is 5.85. The molecule has 0 fully saturated rings. The third-order valence-electron chi connectivity index (χ3n) is 2.52. The number of benzene rings is 1. The molecule has 1 amide bonds. The van der Waals surface area contributed by atoms with Gasteiger partial charge in [-0.1, -0.05) is 27.7 Å².